The van der Waals surface area contributed by atoms with E-state index in [0.29, 0.717) is 13.0 Å². The first-order valence-corrected chi connectivity index (χ1v) is 7.09. The molecule has 7 nitrogen and oxygen atoms in total. The molecule has 23 heavy (non-hydrogen) atoms. The van der Waals surface area contributed by atoms with Crippen LogP contribution < -0.4 is 5.73 Å². The Bertz CT molecular complexity index is 504. The van der Waals surface area contributed by atoms with Gasteiger partial charge in [0, 0.05) is 13.5 Å². The van der Waals surface area contributed by atoms with Gasteiger partial charge in [0.2, 0.25) is 5.91 Å². The monoisotopic (exact) mass is 346 g/mol. The molecule has 1 rings (SSSR count). The van der Waals surface area contributed by atoms with Crippen LogP contribution in [0.4, 0.5) is 0 Å². The summed E-state index contributed by atoms with van der Waals surface area (Å²) in [4.78, 5) is 24.9. The van der Waals surface area contributed by atoms with Gasteiger partial charge in [-0.05, 0) is 31.5 Å². The molecular formula is C15H23ClN2O5. The van der Waals surface area contributed by atoms with E-state index >= 15 is 0 Å². The Morgan fingerprint density at radius 3 is 2.35 bits per heavy atom. The Labute approximate surface area is 141 Å². The molecule has 0 saturated carbocycles. The van der Waals surface area contributed by atoms with Gasteiger partial charge in [-0.1, -0.05) is 12.5 Å². The smallest absolute Gasteiger partial charge is 0.347 e. The second-order valence-electron chi connectivity index (χ2n) is 4.92. The summed E-state index contributed by atoms with van der Waals surface area (Å²) < 4.78 is 4.93. The summed E-state index contributed by atoms with van der Waals surface area (Å²) in [5.74, 6) is -1.79. The lowest BCUT2D eigenvalue weighted by atomic mass is 10.2. The fourth-order valence-corrected chi connectivity index (χ4v) is 1.83. The van der Waals surface area contributed by atoms with Gasteiger partial charge in [-0.3, -0.25) is 4.79 Å². The number of phenolic OH excluding ortho intramolecular Hbond substituents is 2. The predicted molar refractivity (Wildman–Crippen MR) is 87.6 cm³/mol. The molecule has 0 fully saturated rings. The molecule has 1 amide bonds. The maximum Gasteiger partial charge on any atom is 0.347 e. The zero-order valence-corrected chi connectivity index (χ0v) is 13.8. The summed E-state index contributed by atoms with van der Waals surface area (Å²) in [6.07, 6.45) is 2.84. The second kappa shape index (κ2) is 10.7. The number of hydrogen-bond acceptors (Lipinski definition) is 6. The minimum absolute atomic E-state index is 0. The van der Waals surface area contributed by atoms with Crippen LogP contribution in [-0.4, -0.2) is 47.3 Å². The molecule has 0 atom stereocenters. The van der Waals surface area contributed by atoms with E-state index in [4.69, 9.17) is 10.5 Å². The van der Waals surface area contributed by atoms with Crippen LogP contribution in [0.25, 0.3) is 0 Å². The minimum atomic E-state index is -0.890. The van der Waals surface area contributed by atoms with Crippen LogP contribution in [0.1, 0.15) is 36.0 Å². The van der Waals surface area contributed by atoms with Gasteiger partial charge in [0.1, 0.15) is 17.1 Å². The molecule has 0 aliphatic heterocycles. The van der Waals surface area contributed by atoms with Gasteiger partial charge >= 0.3 is 5.97 Å². The quantitative estimate of drug-likeness (QED) is 0.374. The highest BCUT2D eigenvalue weighted by atomic mass is 35.5. The maximum atomic E-state index is 11.8. The molecule has 1 aromatic carbocycles. The van der Waals surface area contributed by atoms with Gasteiger partial charge in [-0.15, -0.1) is 12.4 Å². The molecule has 0 unspecified atom stereocenters. The van der Waals surface area contributed by atoms with E-state index in [1.807, 2.05) is 0 Å². The van der Waals surface area contributed by atoms with Crippen molar-refractivity contribution in [2.45, 2.75) is 25.7 Å². The van der Waals surface area contributed by atoms with Gasteiger partial charge in [-0.25, -0.2) is 4.79 Å². The van der Waals surface area contributed by atoms with E-state index in [0.717, 1.165) is 19.3 Å². The second-order valence-corrected chi connectivity index (χ2v) is 4.92. The van der Waals surface area contributed by atoms with Crippen molar-refractivity contribution in [2.75, 3.05) is 20.3 Å². The number of hydrogen-bond donors (Lipinski definition) is 3. The molecule has 0 bridgehead atoms. The zero-order valence-electron chi connectivity index (χ0n) is 13.0. The molecule has 8 heteroatoms. The van der Waals surface area contributed by atoms with E-state index in [9.17, 15) is 19.8 Å². The Morgan fingerprint density at radius 1 is 1.17 bits per heavy atom. The van der Waals surface area contributed by atoms with Gasteiger partial charge in [-0.2, -0.15) is 0 Å². The minimum Gasteiger partial charge on any atom is -0.507 e. The third-order valence-electron chi connectivity index (χ3n) is 3.13. The Hall–Kier alpha value is -1.99. The van der Waals surface area contributed by atoms with E-state index < -0.39 is 5.97 Å². The number of amides is 1. The molecular weight excluding hydrogens is 324 g/mol. The number of phenols is 2. The number of esters is 1. The van der Waals surface area contributed by atoms with Gasteiger partial charge in [0.05, 0.1) is 0 Å². The molecule has 0 spiro atoms. The number of carbonyl (C=O) groups is 2. The average Bonchev–Trinajstić information content (AvgIpc) is 2.48. The Kier molecular flexibility index (Phi) is 9.76. The lowest BCUT2D eigenvalue weighted by molar-refractivity contribution is -0.133. The molecule has 0 saturated heterocycles. The number of carbonyl (C=O) groups excluding carboxylic acids is 2. The van der Waals surface area contributed by atoms with Crippen LogP contribution in [0.3, 0.4) is 0 Å². The van der Waals surface area contributed by atoms with Crippen molar-refractivity contribution in [2.24, 2.45) is 5.73 Å². The number of unbranched alkanes of at least 4 members (excludes halogenated alkanes) is 2. The Morgan fingerprint density at radius 2 is 1.78 bits per heavy atom. The van der Waals surface area contributed by atoms with Crippen LogP contribution in [0.5, 0.6) is 11.5 Å². The zero-order chi connectivity index (χ0) is 16.5. The van der Waals surface area contributed by atoms with Gasteiger partial charge in [0.15, 0.2) is 6.73 Å². The molecule has 0 radical (unpaired) electrons. The topological polar surface area (TPSA) is 113 Å². The molecule has 0 aliphatic rings. The van der Waals surface area contributed by atoms with Crippen molar-refractivity contribution in [3.63, 3.8) is 0 Å². The van der Waals surface area contributed by atoms with E-state index in [2.05, 4.69) is 0 Å². The van der Waals surface area contributed by atoms with Crippen molar-refractivity contribution in [3.8, 4) is 11.5 Å². The van der Waals surface area contributed by atoms with Crippen molar-refractivity contribution in [1.82, 2.24) is 4.90 Å². The first kappa shape index (κ1) is 21.0. The van der Waals surface area contributed by atoms with Crippen LogP contribution in [-0.2, 0) is 9.53 Å². The predicted octanol–water partition coefficient (Wildman–Crippen LogP) is 1.61. The van der Waals surface area contributed by atoms with Crippen LogP contribution in [0, 0.1) is 0 Å². The molecule has 0 aliphatic carbocycles. The van der Waals surface area contributed by atoms with Crippen LogP contribution >= 0.6 is 12.4 Å². The summed E-state index contributed by atoms with van der Waals surface area (Å²) in [5, 5.41) is 19.1. The number of halogens is 1. The molecule has 1 aromatic rings. The summed E-state index contributed by atoms with van der Waals surface area (Å²) in [6.45, 7) is 0.355. The van der Waals surface area contributed by atoms with Crippen molar-refractivity contribution in [3.05, 3.63) is 23.8 Å². The number of aromatic hydroxyl groups is 2. The molecule has 0 heterocycles. The maximum absolute atomic E-state index is 11.8. The largest absolute Gasteiger partial charge is 0.507 e. The van der Waals surface area contributed by atoms with E-state index in [1.54, 1.807) is 0 Å². The third kappa shape index (κ3) is 6.75. The van der Waals surface area contributed by atoms with Gasteiger partial charge < -0.3 is 25.6 Å². The normalized spacial score (nSPS) is 9.83. The number of rotatable bonds is 8. The van der Waals surface area contributed by atoms with Crippen LogP contribution in [0.2, 0.25) is 0 Å². The van der Waals surface area contributed by atoms with Crippen LogP contribution in [0.15, 0.2) is 18.2 Å². The number of benzene rings is 1. The highest BCUT2D eigenvalue weighted by molar-refractivity contribution is 5.95. The lowest BCUT2D eigenvalue weighted by Crippen LogP contribution is -2.30. The summed E-state index contributed by atoms with van der Waals surface area (Å²) >= 11 is 0. The summed E-state index contributed by atoms with van der Waals surface area (Å²) in [6, 6.07) is 3.93. The summed E-state index contributed by atoms with van der Waals surface area (Å²) in [5.41, 5.74) is 5.06. The lowest BCUT2D eigenvalue weighted by Gasteiger charge is -2.17. The molecule has 4 N–H and O–H groups in total. The average molecular weight is 347 g/mol. The summed E-state index contributed by atoms with van der Waals surface area (Å²) in [7, 11) is 1.52. The number of ether oxygens (including phenoxy) is 1. The third-order valence-corrected chi connectivity index (χ3v) is 3.13. The first-order valence-electron chi connectivity index (χ1n) is 7.09. The van der Waals surface area contributed by atoms with Gasteiger partial charge in [0.25, 0.3) is 0 Å². The number of nitrogens with zero attached hydrogens (tertiary/aromatic N) is 1. The first-order chi connectivity index (χ1) is 10.5. The SMILES string of the molecule is CN(COC(=O)c1c(O)cccc1O)C(=O)CCCCCN.Cl. The van der Waals surface area contributed by atoms with Crippen molar-refractivity contribution >= 4 is 24.3 Å². The standard InChI is InChI=1S/C15H22N2O5.ClH/c1-17(13(20)8-3-2-4-9-16)10-22-15(21)14-11(18)6-5-7-12(14)19;/h5-7,18-19H,2-4,8-10,16H2,1H3;1H. The molecule has 0 aromatic heterocycles. The molecule has 130 valence electrons. The van der Waals surface area contributed by atoms with E-state index in [1.165, 1.54) is 30.1 Å². The van der Waals surface area contributed by atoms with Crippen molar-refractivity contribution in [1.29, 1.82) is 0 Å². The number of nitrogens with two attached hydrogens (primary N) is 1. The fourth-order valence-electron chi connectivity index (χ4n) is 1.83. The highest BCUT2D eigenvalue weighted by Crippen LogP contribution is 2.26. The highest BCUT2D eigenvalue weighted by Gasteiger charge is 2.19. The van der Waals surface area contributed by atoms with E-state index in [-0.39, 0.29) is 42.1 Å². The van der Waals surface area contributed by atoms with Crippen molar-refractivity contribution < 1.29 is 24.5 Å². The fraction of sp³-hybridized carbons (Fsp3) is 0.467. The Balaban J connectivity index is 0.00000484.